The Morgan fingerprint density at radius 3 is 2.71 bits per heavy atom. The lowest BCUT2D eigenvalue weighted by atomic mass is 9.88. The van der Waals surface area contributed by atoms with Crippen LogP contribution in [-0.4, -0.2) is 52.5 Å². The number of halogens is 1. The van der Waals surface area contributed by atoms with Crippen molar-refractivity contribution >= 4 is 22.6 Å². The number of β-amino-alcohol motifs (C(OH)–C–C–N with tert-alkyl or cyclic N) is 1. The summed E-state index contributed by atoms with van der Waals surface area (Å²) in [5.74, 6) is 2.49. The van der Waals surface area contributed by atoms with Crippen molar-refractivity contribution in [1.29, 1.82) is 0 Å². The van der Waals surface area contributed by atoms with Gasteiger partial charge in [-0.3, -0.25) is 0 Å². The molecule has 2 aromatic carbocycles. The second kappa shape index (κ2) is 10.4. The van der Waals surface area contributed by atoms with Gasteiger partial charge in [-0.1, -0.05) is 36.7 Å². The van der Waals surface area contributed by atoms with Crippen molar-refractivity contribution in [3.8, 4) is 17.4 Å². The van der Waals surface area contributed by atoms with E-state index in [0.29, 0.717) is 41.3 Å². The first-order valence-corrected chi connectivity index (χ1v) is 12.5. The molecule has 7 nitrogen and oxygen atoms in total. The third-order valence-electron chi connectivity index (χ3n) is 6.67. The van der Waals surface area contributed by atoms with Crippen LogP contribution < -0.4 is 4.74 Å². The molecule has 35 heavy (non-hydrogen) atoms. The molecule has 8 heteroatoms. The average molecular weight is 496 g/mol. The van der Waals surface area contributed by atoms with Gasteiger partial charge < -0.3 is 23.6 Å². The van der Waals surface area contributed by atoms with Crippen molar-refractivity contribution < 1.29 is 18.7 Å². The van der Waals surface area contributed by atoms with Crippen molar-refractivity contribution in [3.63, 3.8) is 0 Å². The number of hydrogen-bond donors (Lipinski definition) is 1. The van der Waals surface area contributed by atoms with Gasteiger partial charge in [0.05, 0.1) is 5.39 Å². The van der Waals surface area contributed by atoms with E-state index < -0.39 is 6.10 Å². The Bertz CT molecular complexity index is 1290. The zero-order chi connectivity index (χ0) is 24.4. The fourth-order valence-electron chi connectivity index (χ4n) is 4.77. The number of benzene rings is 2. The van der Waals surface area contributed by atoms with E-state index in [4.69, 9.17) is 25.2 Å². The Hall–Kier alpha value is -2.87. The molecule has 0 unspecified atom stereocenters. The number of hydrogen-bond acceptors (Lipinski definition) is 7. The van der Waals surface area contributed by atoms with E-state index in [2.05, 4.69) is 34.2 Å². The number of aliphatic hydroxyl groups excluding tert-OH is 1. The van der Waals surface area contributed by atoms with Crippen LogP contribution in [0.25, 0.3) is 22.6 Å². The summed E-state index contributed by atoms with van der Waals surface area (Å²) in [5, 5.41) is 20.2. The van der Waals surface area contributed by atoms with E-state index in [1.54, 1.807) is 6.92 Å². The second-order valence-corrected chi connectivity index (χ2v) is 9.56. The zero-order valence-electron chi connectivity index (χ0n) is 20.0. The highest BCUT2D eigenvalue weighted by atomic mass is 35.5. The maximum atomic E-state index is 10.7. The predicted octanol–water partition coefficient (Wildman–Crippen LogP) is 5.63. The van der Waals surface area contributed by atoms with Crippen LogP contribution in [0, 0.1) is 6.92 Å². The third kappa shape index (κ3) is 5.37. The standard InChI is InChI=1S/C27H30ClN3O4/c1-3-18-13-20(7-8-23(18)28)19-9-11-31(12-10-19)15-21(32)16-33-24-5-4-6-25-22(24)14-26(35-25)27-30-29-17(2)34-27/h4-8,13-14,19,21,32H,3,9-12,15-16H2,1-2H3/t21-/m0/s1. The van der Waals surface area contributed by atoms with Gasteiger partial charge >= 0.3 is 0 Å². The first kappa shape index (κ1) is 23.9. The van der Waals surface area contributed by atoms with Gasteiger partial charge in [-0.25, -0.2) is 0 Å². The molecule has 5 rings (SSSR count). The number of furan rings is 1. The molecule has 1 fully saturated rings. The van der Waals surface area contributed by atoms with E-state index in [-0.39, 0.29) is 6.61 Å². The maximum absolute atomic E-state index is 10.7. The van der Waals surface area contributed by atoms with Crippen molar-refractivity contribution in [2.45, 2.75) is 45.1 Å². The second-order valence-electron chi connectivity index (χ2n) is 9.15. The first-order chi connectivity index (χ1) is 17.0. The number of rotatable bonds is 8. The van der Waals surface area contributed by atoms with Gasteiger partial charge in [0.1, 0.15) is 24.0 Å². The van der Waals surface area contributed by atoms with Crippen molar-refractivity contribution in [1.82, 2.24) is 15.1 Å². The molecule has 1 aliphatic rings. The van der Waals surface area contributed by atoms with Gasteiger partial charge in [0, 0.05) is 24.6 Å². The van der Waals surface area contributed by atoms with Crippen molar-refractivity contribution in [2.24, 2.45) is 0 Å². The average Bonchev–Trinajstić information content (AvgIpc) is 3.50. The van der Waals surface area contributed by atoms with E-state index in [1.807, 2.05) is 30.3 Å². The number of aromatic nitrogens is 2. The number of fused-ring (bicyclic) bond motifs is 1. The molecular formula is C27H30ClN3O4. The molecule has 0 spiro atoms. The Morgan fingerprint density at radius 2 is 1.97 bits per heavy atom. The lowest BCUT2D eigenvalue weighted by Crippen LogP contribution is -2.40. The van der Waals surface area contributed by atoms with Gasteiger partial charge in [0.25, 0.3) is 5.89 Å². The monoisotopic (exact) mass is 495 g/mol. The SMILES string of the molecule is CCc1cc(C2CCN(C[C@H](O)COc3cccc4oc(-c5nnc(C)o5)cc34)CC2)ccc1Cl. The normalized spacial score (nSPS) is 16.1. The largest absolute Gasteiger partial charge is 0.490 e. The summed E-state index contributed by atoms with van der Waals surface area (Å²) in [6, 6.07) is 13.9. The minimum Gasteiger partial charge on any atom is -0.490 e. The van der Waals surface area contributed by atoms with Crippen LogP contribution >= 0.6 is 11.6 Å². The lowest BCUT2D eigenvalue weighted by molar-refractivity contribution is 0.0599. The van der Waals surface area contributed by atoms with Gasteiger partial charge in [-0.15, -0.1) is 10.2 Å². The van der Waals surface area contributed by atoms with Crippen LogP contribution in [0.4, 0.5) is 0 Å². The summed E-state index contributed by atoms with van der Waals surface area (Å²) >= 11 is 6.29. The molecule has 0 radical (unpaired) electrons. The zero-order valence-corrected chi connectivity index (χ0v) is 20.8. The molecule has 184 valence electrons. The molecule has 2 aromatic heterocycles. The summed E-state index contributed by atoms with van der Waals surface area (Å²) in [6.45, 7) is 6.57. The molecule has 4 aromatic rings. The molecule has 1 N–H and O–H groups in total. The minimum atomic E-state index is -0.589. The van der Waals surface area contributed by atoms with E-state index in [1.165, 1.54) is 11.1 Å². The Morgan fingerprint density at radius 1 is 1.14 bits per heavy atom. The maximum Gasteiger partial charge on any atom is 0.283 e. The van der Waals surface area contributed by atoms with Gasteiger partial charge in [-0.05, 0) is 67.6 Å². The van der Waals surface area contributed by atoms with Crippen LogP contribution in [0.1, 0.15) is 42.7 Å². The van der Waals surface area contributed by atoms with Crippen molar-refractivity contribution in [2.75, 3.05) is 26.2 Å². The van der Waals surface area contributed by atoms with E-state index >= 15 is 0 Å². The van der Waals surface area contributed by atoms with Crippen LogP contribution in [0.2, 0.25) is 5.02 Å². The fraction of sp³-hybridized carbons (Fsp3) is 0.407. The highest BCUT2D eigenvalue weighted by molar-refractivity contribution is 6.31. The fourth-order valence-corrected chi connectivity index (χ4v) is 5.02. The summed E-state index contributed by atoms with van der Waals surface area (Å²) in [6.07, 6.45) is 2.51. The van der Waals surface area contributed by atoms with Gasteiger partial charge in [-0.2, -0.15) is 0 Å². The molecule has 0 saturated carbocycles. The van der Waals surface area contributed by atoms with Gasteiger partial charge in [0.2, 0.25) is 5.89 Å². The summed E-state index contributed by atoms with van der Waals surface area (Å²) < 4.78 is 17.3. The third-order valence-corrected chi connectivity index (χ3v) is 7.04. The Labute approximate surface area is 209 Å². The molecule has 1 aliphatic heterocycles. The molecule has 1 atom stereocenters. The number of likely N-dealkylation sites (tertiary alicyclic amines) is 1. The van der Waals surface area contributed by atoms with Crippen LogP contribution in [0.5, 0.6) is 5.75 Å². The Balaban J connectivity index is 1.15. The predicted molar refractivity (Wildman–Crippen MR) is 135 cm³/mol. The molecule has 0 bridgehead atoms. The van der Waals surface area contributed by atoms with E-state index in [9.17, 15) is 5.11 Å². The van der Waals surface area contributed by atoms with Crippen LogP contribution in [0.15, 0.2) is 51.3 Å². The topological polar surface area (TPSA) is 84.8 Å². The summed E-state index contributed by atoms with van der Waals surface area (Å²) in [7, 11) is 0. The molecule has 3 heterocycles. The van der Waals surface area contributed by atoms with Crippen molar-refractivity contribution in [3.05, 3.63) is 64.5 Å². The number of aliphatic hydroxyl groups is 1. The highest BCUT2D eigenvalue weighted by Crippen LogP contribution is 2.33. The van der Waals surface area contributed by atoms with Crippen LogP contribution in [0.3, 0.4) is 0 Å². The molecule has 0 aliphatic carbocycles. The quantitative estimate of drug-likeness (QED) is 0.339. The van der Waals surface area contributed by atoms with Gasteiger partial charge in [0.15, 0.2) is 5.76 Å². The minimum absolute atomic E-state index is 0.205. The van der Waals surface area contributed by atoms with Crippen LogP contribution in [-0.2, 0) is 6.42 Å². The number of piperidine rings is 1. The molecule has 0 amide bonds. The van der Waals surface area contributed by atoms with E-state index in [0.717, 1.165) is 42.8 Å². The smallest absolute Gasteiger partial charge is 0.283 e. The lowest BCUT2D eigenvalue weighted by Gasteiger charge is -2.33. The number of nitrogens with zero attached hydrogens (tertiary/aromatic N) is 3. The summed E-state index contributed by atoms with van der Waals surface area (Å²) in [4.78, 5) is 2.32. The highest BCUT2D eigenvalue weighted by Gasteiger charge is 2.23. The number of aryl methyl sites for hydroxylation is 2. The molecular weight excluding hydrogens is 466 g/mol. The Kier molecular flexibility index (Phi) is 7.09. The number of ether oxygens (including phenoxy) is 1. The first-order valence-electron chi connectivity index (χ1n) is 12.1. The summed E-state index contributed by atoms with van der Waals surface area (Å²) in [5.41, 5.74) is 3.25. The molecule has 1 saturated heterocycles.